The van der Waals surface area contributed by atoms with E-state index in [9.17, 15) is 9.59 Å². The molecule has 0 radical (unpaired) electrons. The number of hydrogen-bond donors (Lipinski definition) is 2. The summed E-state index contributed by atoms with van der Waals surface area (Å²) >= 11 is 1.54. The Morgan fingerprint density at radius 3 is 2.60 bits per heavy atom. The third kappa shape index (κ3) is 3.81. The molecule has 3 aromatic heterocycles. The molecule has 0 aliphatic rings. The molecule has 4 rings (SSSR count). The number of benzene rings is 1. The van der Waals surface area contributed by atoms with Gasteiger partial charge in [0.1, 0.15) is 11.5 Å². The van der Waals surface area contributed by atoms with Gasteiger partial charge in [-0.2, -0.15) is 9.78 Å². The van der Waals surface area contributed by atoms with Crippen molar-refractivity contribution in [2.75, 3.05) is 5.32 Å². The van der Waals surface area contributed by atoms with Crippen LogP contribution in [0.3, 0.4) is 0 Å². The minimum atomic E-state index is -0.266. The van der Waals surface area contributed by atoms with E-state index in [-0.39, 0.29) is 17.4 Å². The topological polar surface area (TPSA) is 92.7 Å². The third-order valence-corrected chi connectivity index (χ3v) is 5.69. The van der Waals surface area contributed by atoms with Gasteiger partial charge in [0, 0.05) is 22.9 Å². The van der Waals surface area contributed by atoms with Crippen molar-refractivity contribution in [3.05, 3.63) is 80.6 Å². The maximum atomic E-state index is 12.8. The summed E-state index contributed by atoms with van der Waals surface area (Å²) in [4.78, 5) is 33.5. The molecule has 0 spiro atoms. The van der Waals surface area contributed by atoms with Crippen LogP contribution < -0.4 is 10.9 Å². The van der Waals surface area contributed by atoms with Crippen molar-refractivity contribution < 1.29 is 4.79 Å². The number of amides is 1. The van der Waals surface area contributed by atoms with Gasteiger partial charge in [0.05, 0.1) is 4.88 Å². The van der Waals surface area contributed by atoms with E-state index in [2.05, 4.69) is 20.4 Å². The molecule has 1 amide bonds. The van der Waals surface area contributed by atoms with E-state index >= 15 is 0 Å². The highest BCUT2D eigenvalue weighted by Crippen LogP contribution is 2.27. The fourth-order valence-electron chi connectivity index (χ4n) is 3.18. The summed E-state index contributed by atoms with van der Waals surface area (Å²) < 4.78 is 1.47. The molecule has 1 aromatic carbocycles. The van der Waals surface area contributed by atoms with Crippen LogP contribution in [0.2, 0.25) is 0 Å². The highest BCUT2D eigenvalue weighted by atomic mass is 32.1. The number of aromatic amines is 1. The van der Waals surface area contributed by atoms with Crippen molar-refractivity contribution in [3.63, 3.8) is 0 Å². The van der Waals surface area contributed by atoms with Crippen LogP contribution in [0.1, 0.15) is 34.1 Å². The molecule has 3 heterocycles. The highest BCUT2D eigenvalue weighted by molar-refractivity contribution is 7.13. The first-order chi connectivity index (χ1) is 14.5. The molecular weight excluding hydrogens is 398 g/mol. The van der Waals surface area contributed by atoms with Crippen LogP contribution in [0.25, 0.3) is 16.5 Å². The standard InChI is InChI=1S/C22H21N5O2S/c1-4-16-14(3)23-22(25-21(16)29)27-19(12-17(26-27)18-6-5-11-30-18)24-20(28)15-9-7-13(2)8-10-15/h5-12H,4H2,1-3H3,(H,24,28)(H,23,25,29). The fourth-order valence-corrected chi connectivity index (χ4v) is 3.86. The number of nitrogens with zero attached hydrogens (tertiary/aromatic N) is 3. The minimum absolute atomic E-state index is 0.205. The molecular formula is C22H21N5O2S. The van der Waals surface area contributed by atoms with Gasteiger partial charge in [-0.25, -0.2) is 4.98 Å². The summed E-state index contributed by atoms with van der Waals surface area (Å²) in [6, 6.07) is 13.0. The average Bonchev–Trinajstić information content (AvgIpc) is 3.38. The Bertz CT molecular complexity index is 1250. The summed E-state index contributed by atoms with van der Waals surface area (Å²) in [5.41, 5.74) is 3.36. The smallest absolute Gasteiger partial charge is 0.256 e. The minimum Gasteiger partial charge on any atom is -0.306 e. The number of rotatable bonds is 5. The van der Waals surface area contributed by atoms with Crippen LogP contribution in [0.4, 0.5) is 5.82 Å². The Kier molecular flexibility index (Phi) is 5.33. The number of carbonyl (C=O) groups excluding carboxylic acids is 1. The molecule has 2 N–H and O–H groups in total. The van der Waals surface area contributed by atoms with Crippen LogP contribution in [0, 0.1) is 13.8 Å². The van der Waals surface area contributed by atoms with Crippen molar-refractivity contribution in [1.82, 2.24) is 19.7 Å². The molecule has 8 heteroatoms. The number of aromatic nitrogens is 4. The quantitative estimate of drug-likeness (QED) is 0.509. The van der Waals surface area contributed by atoms with Crippen LogP contribution in [-0.2, 0) is 6.42 Å². The number of carbonyl (C=O) groups is 1. The summed E-state index contributed by atoms with van der Waals surface area (Å²) in [5.74, 6) is 0.422. The van der Waals surface area contributed by atoms with E-state index in [1.165, 1.54) is 4.68 Å². The number of anilines is 1. The lowest BCUT2D eigenvalue weighted by atomic mass is 10.1. The molecule has 0 bridgehead atoms. The molecule has 0 saturated heterocycles. The zero-order chi connectivity index (χ0) is 21.3. The van der Waals surface area contributed by atoms with E-state index in [1.54, 1.807) is 36.5 Å². The van der Waals surface area contributed by atoms with Gasteiger partial charge in [0.15, 0.2) is 0 Å². The Morgan fingerprint density at radius 1 is 1.20 bits per heavy atom. The van der Waals surface area contributed by atoms with Crippen molar-refractivity contribution >= 4 is 23.1 Å². The summed E-state index contributed by atoms with van der Waals surface area (Å²) in [6.45, 7) is 5.68. The van der Waals surface area contributed by atoms with Crippen molar-refractivity contribution in [1.29, 1.82) is 0 Å². The third-order valence-electron chi connectivity index (χ3n) is 4.80. The summed E-state index contributed by atoms with van der Waals surface area (Å²) in [7, 11) is 0. The maximum Gasteiger partial charge on any atom is 0.256 e. The van der Waals surface area contributed by atoms with Crippen molar-refractivity contribution in [2.24, 2.45) is 0 Å². The number of thiophene rings is 1. The van der Waals surface area contributed by atoms with Crippen LogP contribution >= 0.6 is 11.3 Å². The van der Waals surface area contributed by atoms with Crippen molar-refractivity contribution in [2.45, 2.75) is 27.2 Å². The van der Waals surface area contributed by atoms with Gasteiger partial charge in [0.25, 0.3) is 11.5 Å². The van der Waals surface area contributed by atoms with E-state index in [4.69, 9.17) is 0 Å². The molecule has 0 saturated carbocycles. The Hall–Kier alpha value is -3.52. The number of H-pyrrole nitrogens is 1. The molecule has 0 fully saturated rings. The molecule has 0 unspecified atom stereocenters. The summed E-state index contributed by atoms with van der Waals surface area (Å²) in [6.07, 6.45) is 0.588. The highest BCUT2D eigenvalue weighted by Gasteiger charge is 2.18. The van der Waals surface area contributed by atoms with Gasteiger partial charge in [0.2, 0.25) is 5.95 Å². The van der Waals surface area contributed by atoms with Gasteiger partial charge in [-0.15, -0.1) is 11.3 Å². The van der Waals surface area contributed by atoms with Crippen LogP contribution in [-0.4, -0.2) is 25.7 Å². The van der Waals surface area contributed by atoms with E-state index in [0.717, 1.165) is 10.4 Å². The van der Waals surface area contributed by atoms with E-state index in [1.807, 2.05) is 43.5 Å². The van der Waals surface area contributed by atoms with E-state index < -0.39 is 0 Å². The Morgan fingerprint density at radius 2 is 1.97 bits per heavy atom. The largest absolute Gasteiger partial charge is 0.306 e. The van der Waals surface area contributed by atoms with Gasteiger partial charge < -0.3 is 5.32 Å². The molecule has 152 valence electrons. The second-order valence-corrected chi connectivity index (χ2v) is 7.88. The average molecular weight is 420 g/mol. The lowest BCUT2D eigenvalue weighted by molar-refractivity contribution is 0.102. The van der Waals surface area contributed by atoms with Crippen LogP contribution in [0.5, 0.6) is 0 Å². The van der Waals surface area contributed by atoms with Gasteiger partial charge in [-0.1, -0.05) is 30.7 Å². The monoisotopic (exact) mass is 419 g/mol. The first-order valence-electron chi connectivity index (χ1n) is 9.58. The van der Waals surface area contributed by atoms with Gasteiger partial charge in [-0.3, -0.25) is 14.6 Å². The second-order valence-electron chi connectivity index (χ2n) is 6.93. The zero-order valence-corrected chi connectivity index (χ0v) is 17.7. The normalized spacial score (nSPS) is 10.9. The Balaban J connectivity index is 1.78. The predicted octanol–water partition coefficient (Wildman–Crippen LogP) is 4.12. The fraction of sp³-hybridized carbons (Fsp3) is 0.182. The molecule has 30 heavy (non-hydrogen) atoms. The molecule has 7 nitrogen and oxygen atoms in total. The van der Waals surface area contributed by atoms with Crippen LogP contribution in [0.15, 0.2) is 52.6 Å². The van der Waals surface area contributed by atoms with Crippen molar-refractivity contribution in [3.8, 4) is 16.5 Å². The molecule has 0 aliphatic carbocycles. The first-order valence-corrected chi connectivity index (χ1v) is 10.5. The molecule has 4 aromatic rings. The van der Waals surface area contributed by atoms with Gasteiger partial charge >= 0.3 is 0 Å². The number of hydrogen-bond acceptors (Lipinski definition) is 5. The number of nitrogens with one attached hydrogen (secondary N) is 2. The maximum absolute atomic E-state index is 12.8. The lowest BCUT2D eigenvalue weighted by Gasteiger charge is -2.10. The molecule has 0 aliphatic heterocycles. The second kappa shape index (κ2) is 8.08. The predicted molar refractivity (Wildman–Crippen MR) is 119 cm³/mol. The van der Waals surface area contributed by atoms with Gasteiger partial charge in [-0.05, 0) is 43.8 Å². The van der Waals surface area contributed by atoms with E-state index in [0.29, 0.717) is 34.8 Å². The lowest BCUT2D eigenvalue weighted by Crippen LogP contribution is -2.21. The first kappa shape index (κ1) is 19.8. The summed E-state index contributed by atoms with van der Waals surface area (Å²) in [5, 5.41) is 9.46. The number of aryl methyl sites for hydroxylation is 2. The SMILES string of the molecule is CCc1c(C)nc(-n2nc(-c3cccs3)cc2NC(=O)c2ccc(C)cc2)[nH]c1=O. The Labute approximate surface area is 177 Å². The zero-order valence-electron chi connectivity index (χ0n) is 16.9. The molecule has 0 atom stereocenters.